The van der Waals surface area contributed by atoms with E-state index in [4.69, 9.17) is 0 Å². The Balaban J connectivity index is 1.52. The number of hydrogen-bond donors (Lipinski definition) is 0. The number of aromatic nitrogens is 4. The molecule has 128 valence electrons. The zero-order chi connectivity index (χ0) is 17.2. The number of nitrogens with zero attached hydrogens (tertiary/aromatic N) is 5. The standard InChI is InChI=1S/C18H18FN5O/c19-14-4-1-5-15(12-14)24-11-7-17(21-24)18(25)23-10-2-6-16(23)13-22-9-3-8-20-22/h1,3-5,7-9,11-12,16H,2,6,10,13H2. The highest BCUT2D eigenvalue weighted by Crippen LogP contribution is 2.21. The van der Waals surface area contributed by atoms with Crippen LogP contribution in [0, 0.1) is 5.82 Å². The van der Waals surface area contributed by atoms with Gasteiger partial charge in [0.2, 0.25) is 0 Å². The molecule has 0 N–H and O–H groups in total. The number of benzene rings is 1. The zero-order valence-electron chi connectivity index (χ0n) is 13.6. The van der Waals surface area contributed by atoms with Crippen LogP contribution in [0.15, 0.2) is 55.0 Å². The fourth-order valence-electron chi connectivity index (χ4n) is 3.26. The fraction of sp³-hybridized carbons (Fsp3) is 0.278. The van der Waals surface area contributed by atoms with Crippen LogP contribution in [-0.4, -0.2) is 43.0 Å². The average molecular weight is 339 g/mol. The fourth-order valence-corrected chi connectivity index (χ4v) is 3.26. The van der Waals surface area contributed by atoms with Crippen LogP contribution in [-0.2, 0) is 6.54 Å². The molecule has 1 aliphatic heterocycles. The van der Waals surface area contributed by atoms with Gasteiger partial charge in [-0.15, -0.1) is 0 Å². The first kappa shape index (κ1) is 15.6. The van der Waals surface area contributed by atoms with Crippen molar-refractivity contribution in [2.75, 3.05) is 6.54 Å². The van der Waals surface area contributed by atoms with Gasteiger partial charge in [-0.3, -0.25) is 9.48 Å². The number of carbonyl (C=O) groups is 1. The SMILES string of the molecule is O=C(c1ccn(-c2cccc(F)c2)n1)N1CCCC1Cn1cccn1. The Hall–Kier alpha value is -2.96. The van der Waals surface area contributed by atoms with Gasteiger partial charge in [0.15, 0.2) is 5.69 Å². The second kappa shape index (κ2) is 6.51. The van der Waals surface area contributed by atoms with Crippen molar-refractivity contribution in [2.45, 2.75) is 25.4 Å². The van der Waals surface area contributed by atoms with Gasteiger partial charge >= 0.3 is 0 Å². The minimum atomic E-state index is -0.334. The van der Waals surface area contributed by atoms with Gasteiger partial charge in [0, 0.05) is 25.1 Å². The lowest BCUT2D eigenvalue weighted by Crippen LogP contribution is -2.38. The maximum atomic E-state index is 13.4. The molecule has 2 aromatic heterocycles. The van der Waals surface area contributed by atoms with Crippen LogP contribution in [0.4, 0.5) is 4.39 Å². The van der Waals surface area contributed by atoms with E-state index in [9.17, 15) is 9.18 Å². The van der Waals surface area contributed by atoms with E-state index >= 15 is 0 Å². The summed E-state index contributed by atoms with van der Waals surface area (Å²) in [6.45, 7) is 1.40. The van der Waals surface area contributed by atoms with Crippen molar-refractivity contribution in [3.8, 4) is 5.69 Å². The third-order valence-corrected chi connectivity index (χ3v) is 4.48. The third-order valence-electron chi connectivity index (χ3n) is 4.48. The lowest BCUT2D eigenvalue weighted by Gasteiger charge is -2.23. The zero-order valence-corrected chi connectivity index (χ0v) is 13.6. The Kier molecular flexibility index (Phi) is 4.05. The van der Waals surface area contributed by atoms with E-state index in [-0.39, 0.29) is 17.8 Å². The summed E-state index contributed by atoms with van der Waals surface area (Å²) in [6, 6.07) is 9.81. The maximum absolute atomic E-state index is 13.4. The van der Waals surface area contributed by atoms with Gasteiger partial charge in [0.1, 0.15) is 5.82 Å². The summed E-state index contributed by atoms with van der Waals surface area (Å²) in [5.74, 6) is -0.426. The highest BCUT2D eigenvalue weighted by atomic mass is 19.1. The van der Waals surface area contributed by atoms with Crippen LogP contribution in [0.5, 0.6) is 0 Å². The molecule has 1 aromatic carbocycles. The smallest absolute Gasteiger partial charge is 0.274 e. The molecule has 3 heterocycles. The topological polar surface area (TPSA) is 56.0 Å². The van der Waals surface area contributed by atoms with Crippen LogP contribution in [0.3, 0.4) is 0 Å². The van der Waals surface area contributed by atoms with E-state index in [0.29, 0.717) is 17.9 Å². The van der Waals surface area contributed by atoms with E-state index in [1.54, 1.807) is 30.6 Å². The Morgan fingerprint density at radius 2 is 2.16 bits per heavy atom. The minimum absolute atomic E-state index is 0.0928. The lowest BCUT2D eigenvalue weighted by molar-refractivity contribution is 0.0715. The van der Waals surface area contributed by atoms with Gasteiger partial charge in [0.05, 0.1) is 18.3 Å². The van der Waals surface area contributed by atoms with Gasteiger partial charge in [0.25, 0.3) is 5.91 Å². The molecule has 0 saturated carbocycles. The van der Waals surface area contributed by atoms with Crippen molar-refractivity contribution in [3.63, 3.8) is 0 Å². The van der Waals surface area contributed by atoms with E-state index in [1.807, 2.05) is 21.8 Å². The molecule has 3 aromatic rings. The average Bonchev–Trinajstić information content (AvgIpc) is 3.36. The van der Waals surface area contributed by atoms with E-state index in [0.717, 1.165) is 19.4 Å². The van der Waals surface area contributed by atoms with E-state index in [2.05, 4.69) is 10.2 Å². The highest BCUT2D eigenvalue weighted by Gasteiger charge is 2.30. The minimum Gasteiger partial charge on any atom is -0.332 e. The molecule has 1 aliphatic rings. The highest BCUT2D eigenvalue weighted by molar-refractivity contribution is 5.92. The first-order valence-electron chi connectivity index (χ1n) is 8.31. The summed E-state index contributed by atoms with van der Waals surface area (Å²) in [4.78, 5) is 14.7. The number of amides is 1. The summed E-state index contributed by atoms with van der Waals surface area (Å²) >= 11 is 0. The van der Waals surface area contributed by atoms with Crippen molar-refractivity contribution >= 4 is 5.91 Å². The first-order valence-corrected chi connectivity index (χ1v) is 8.31. The molecule has 4 rings (SSSR count). The molecule has 1 saturated heterocycles. The molecule has 6 nitrogen and oxygen atoms in total. The van der Waals surface area contributed by atoms with Crippen LogP contribution < -0.4 is 0 Å². The predicted octanol–water partition coefficient (Wildman–Crippen LogP) is 2.51. The van der Waals surface area contributed by atoms with E-state index in [1.165, 1.54) is 16.8 Å². The van der Waals surface area contributed by atoms with Gasteiger partial charge in [-0.05, 0) is 43.2 Å². The van der Waals surface area contributed by atoms with Crippen LogP contribution in [0.2, 0.25) is 0 Å². The molecule has 0 spiro atoms. The van der Waals surface area contributed by atoms with Gasteiger partial charge in [-0.2, -0.15) is 10.2 Å². The number of halogens is 1. The predicted molar refractivity (Wildman–Crippen MR) is 89.8 cm³/mol. The molecule has 1 unspecified atom stereocenters. The van der Waals surface area contributed by atoms with Gasteiger partial charge < -0.3 is 4.90 Å². The summed E-state index contributed by atoms with van der Waals surface area (Å²) in [6.07, 6.45) is 7.25. The number of rotatable bonds is 4. The largest absolute Gasteiger partial charge is 0.332 e. The Bertz CT molecular complexity index is 873. The van der Waals surface area contributed by atoms with Crippen molar-refractivity contribution in [2.24, 2.45) is 0 Å². The molecule has 25 heavy (non-hydrogen) atoms. The molecule has 1 fully saturated rings. The van der Waals surface area contributed by atoms with Crippen molar-refractivity contribution < 1.29 is 9.18 Å². The van der Waals surface area contributed by atoms with Crippen LogP contribution >= 0.6 is 0 Å². The van der Waals surface area contributed by atoms with Gasteiger partial charge in [-0.25, -0.2) is 9.07 Å². The van der Waals surface area contributed by atoms with Crippen molar-refractivity contribution in [1.29, 1.82) is 0 Å². The van der Waals surface area contributed by atoms with Crippen molar-refractivity contribution in [3.05, 3.63) is 66.5 Å². The monoisotopic (exact) mass is 339 g/mol. The Morgan fingerprint density at radius 1 is 1.24 bits per heavy atom. The summed E-state index contributed by atoms with van der Waals surface area (Å²) < 4.78 is 16.7. The van der Waals surface area contributed by atoms with Gasteiger partial charge in [-0.1, -0.05) is 6.07 Å². The maximum Gasteiger partial charge on any atom is 0.274 e. The molecule has 1 amide bonds. The Morgan fingerprint density at radius 3 is 2.96 bits per heavy atom. The number of likely N-dealkylation sites (tertiary alicyclic amines) is 1. The molecule has 0 bridgehead atoms. The van der Waals surface area contributed by atoms with E-state index < -0.39 is 0 Å². The number of carbonyl (C=O) groups excluding carboxylic acids is 1. The number of hydrogen-bond acceptors (Lipinski definition) is 3. The molecule has 7 heteroatoms. The quantitative estimate of drug-likeness (QED) is 0.734. The first-order chi connectivity index (χ1) is 12.2. The summed E-state index contributed by atoms with van der Waals surface area (Å²) in [5.41, 5.74) is 0.963. The second-order valence-electron chi connectivity index (χ2n) is 6.15. The normalized spacial score (nSPS) is 17.2. The summed E-state index contributed by atoms with van der Waals surface area (Å²) in [7, 11) is 0. The molecule has 1 atom stereocenters. The third kappa shape index (κ3) is 3.17. The Labute approximate surface area is 144 Å². The molecular weight excluding hydrogens is 321 g/mol. The molecule has 0 radical (unpaired) electrons. The van der Waals surface area contributed by atoms with Crippen LogP contribution in [0.1, 0.15) is 23.3 Å². The van der Waals surface area contributed by atoms with Crippen molar-refractivity contribution in [1.82, 2.24) is 24.5 Å². The second-order valence-corrected chi connectivity index (χ2v) is 6.15. The van der Waals surface area contributed by atoms with Crippen LogP contribution in [0.25, 0.3) is 5.69 Å². The lowest BCUT2D eigenvalue weighted by atomic mass is 10.2. The molecular formula is C18H18FN5O. The molecule has 0 aliphatic carbocycles. The summed E-state index contributed by atoms with van der Waals surface area (Å²) in [5, 5.41) is 8.56.